The number of rotatable bonds is 5. The molecule has 21 heavy (non-hydrogen) atoms. The topological polar surface area (TPSA) is 48.9 Å². The van der Waals surface area contributed by atoms with Crippen molar-refractivity contribution in [2.45, 2.75) is 71.2 Å². The summed E-state index contributed by atoms with van der Waals surface area (Å²) in [5.74, 6) is 0.961. The van der Waals surface area contributed by atoms with Crippen LogP contribution in [0.3, 0.4) is 0 Å². The van der Waals surface area contributed by atoms with Gasteiger partial charge < -0.3 is 15.4 Å². The molecule has 1 saturated carbocycles. The third kappa shape index (κ3) is 5.15. The van der Waals surface area contributed by atoms with E-state index in [1.165, 1.54) is 12.8 Å². The molecule has 1 heterocycles. The molecule has 0 radical (unpaired) electrons. The molecule has 0 aromatic rings. The first-order valence-corrected chi connectivity index (χ1v) is 8.36. The van der Waals surface area contributed by atoms with Crippen molar-refractivity contribution in [3.8, 4) is 0 Å². The van der Waals surface area contributed by atoms with Gasteiger partial charge in [-0.2, -0.15) is 0 Å². The Bertz CT molecular complexity index is 355. The summed E-state index contributed by atoms with van der Waals surface area (Å²) in [5, 5.41) is 6.82. The average molecular weight is 296 g/mol. The Morgan fingerprint density at radius 1 is 1.24 bits per heavy atom. The maximum Gasteiger partial charge on any atom is 0.191 e. The summed E-state index contributed by atoms with van der Waals surface area (Å²) in [6.45, 7) is 14.7. The number of morpholine rings is 1. The summed E-state index contributed by atoms with van der Waals surface area (Å²) in [7, 11) is 0. The van der Waals surface area contributed by atoms with Crippen LogP contribution in [0.2, 0.25) is 0 Å². The van der Waals surface area contributed by atoms with Gasteiger partial charge in [0.05, 0.1) is 18.8 Å². The Kier molecular flexibility index (Phi) is 5.49. The Hall–Kier alpha value is -0.810. The van der Waals surface area contributed by atoms with Gasteiger partial charge in [0.2, 0.25) is 0 Å². The number of nitrogens with one attached hydrogen (secondary N) is 2. The smallest absolute Gasteiger partial charge is 0.191 e. The number of guanidine groups is 1. The van der Waals surface area contributed by atoms with Crippen LogP contribution in [0.1, 0.15) is 47.5 Å². The maximum atomic E-state index is 5.83. The molecule has 0 amide bonds. The molecule has 2 N–H and O–H groups in total. The molecule has 0 spiro atoms. The number of aliphatic imine (C=N–C) groups is 1. The molecule has 0 aromatic carbocycles. The Morgan fingerprint density at radius 2 is 1.86 bits per heavy atom. The molecule has 2 rings (SSSR count). The molecule has 5 heteroatoms. The summed E-state index contributed by atoms with van der Waals surface area (Å²) in [6, 6.07) is 0.634. The lowest BCUT2D eigenvalue weighted by Crippen LogP contribution is -2.56. The van der Waals surface area contributed by atoms with Gasteiger partial charge in [0.15, 0.2) is 5.96 Å². The normalized spacial score (nSPS) is 28.5. The highest BCUT2D eigenvalue weighted by atomic mass is 16.5. The van der Waals surface area contributed by atoms with Gasteiger partial charge in [0, 0.05) is 31.2 Å². The van der Waals surface area contributed by atoms with Crippen molar-refractivity contribution in [3.63, 3.8) is 0 Å². The van der Waals surface area contributed by atoms with Gasteiger partial charge in [-0.15, -0.1) is 0 Å². The van der Waals surface area contributed by atoms with Crippen LogP contribution in [-0.2, 0) is 4.74 Å². The van der Waals surface area contributed by atoms with Crippen LogP contribution in [0.5, 0.6) is 0 Å². The second-order valence-corrected chi connectivity index (χ2v) is 7.09. The zero-order valence-corrected chi connectivity index (χ0v) is 14.3. The Balaban J connectivity index is 1.93. The van der Waals surface area contributed by atoms with E-state index in [2.05, 4.69) is 50.2 Å². The van der Waals surface area contributed by atoms with E-state index >= 15 is 0 Å². The summed E-state index contributed by atoms with van der Waals surface area (Å²) >= 11 is 0. The molecule has 2 atom stereocenters. The van der Waals surface area contributed by atoms with E-state index in [-0.39, 0.29) is 5.54 Å². The number of hydrogen-bond donors (Lipinski definition) is 2. The molecule has 2 unspecified atom stereocenters. The number of ether oxygens (including phenoxy) is 1. The van der Waals surface area contributed by atoms with E-state index in [4.69, 9.17) is 9.73 Å². The zero-order chi connectivity index (χ0) is 15.5. The van der Waals surface area contributed by atoms with Crippen LogP contribution in [-0.4, -0.2) is 60.8 Å². The fourth-order valence-electron chi connectivity index (χ4n) is 2.79. The number of hydrogen-bond acceptors (Lipinski definition) is 3. The monoisotopic (exact) mass is 296 g/mol. The fraction of sp³-hybridized carbons (Fsp3) is 0.938. The van der Waals surface area contributed by atoms with Crippen molar-refractivity contribution in [2.24, 2.45) is 4.99 Å². The van der Waals surface area contributed by atoms with Crippen LogP contribution < -0.4 is 10.6 Å². The van der Waals surface area contributed by atoms with Crippen LogP contribution >= 0.6 is 0 Å². The third-order valence-electron chi connectivity index (χ3n) is 4.16. The van der Waals surface area contributed by atoms with E-state index in [0.717, 1.165) is 32.1 Å². The largest absolute Gasteiger partial charge is 0.373 e. The Morgan fingerprint density at radius 3 is 2.38 bits per heavy atom. The molecule has 1 aliphatic heterocycles. The molecule has 1 aliphatic carbocycles. The predicted octanol–water partition coefficient (Wildman–Crippen LogP) is 1.59. The van der Waals surface area contributed by atoms with Gasteiger partial charge in [-0.25, -0.2) is 0 Å². The first-order valence-electron chi connectivity index (χ1n) is 8.36. The van der Waals surface area contributed by atoms with E-state index in [1.807, 2.05) is 0 Å². The lowest BCUT2D eigenvalue weighted by molar-refractivity contribution is -0.0939. The molecular weight excluding hydrogens is 264 g/mol. The predicted molar refractivity (Wildman–Crippen MR) is 87.8 cm³/mol. The summed E-state index contributed by atoms with van der Waals surface area (Å²) in [4.78, 5) is 7.31. The van der Waals surface area contributed by atoms with Crippen molar-refractivity contribution < 1.29 is 4.74 Å². The highest BCUT2D eigenvalue weighted by Crippen LogP contribution is 2.22. The van der Waals surface area contributed by atoms with E-state index in [9.17, 15) is 0 Å². The van der Waals surface area contributed by atoms with Gasteiger partial charge in [-0.3, -0.25) is 9.89 Å². The first kappa shape index (κ1) is 16.6. The first-order chi connectivity index (χ1) is 9.90. The van der Waals surface area contributed by atoms with Crippen LogP contribution in [0.25, 0.3) is 0 Å². The second kappa shape index (κ2) is 6.97. The summed E-state index contributed by atoms with van der Waals surface area (Å²) in [6.07, 6.45) is 3.14. The van der Waals surface area contributed by atoms with E-state index in [1.54, 1.807) is 0 Å². The zero-order valence-electron chi connectivity index (χ0n) is 14.3. The van der Waals surface area contributed by atoms with Crippen LogP contribution in [0, 0.1) is 0 Å². The molecular formula is C16H32N4O. The molecule has 5 nitrogen and oxygen atoms in total. The van der Waals surface area contributed by atoms with Crippen molar-refractivity contribution in [2.75, 3.05) is 26.2 Å². The summed E-state index contributed by atoms with van der Waals surface area (Å²) in [5.41, 5.74) is 0.0538. The standard InChI is InChI=1S/C16H32N4O/c1-6-17-15(19-14-7-8-14)18-11-16(4,5)20-9-12(2)21-13(3)10-20/h12-14H,6-11H2,1-5H3,(H2,17,18,19). The lowest BCUT2D eigenvalue weighted by Gasteiger charge is -2.44. The van der Waals surface area contributed by atoms with Crippen LogP contribution in [0.15, 0.2) is 4.99 Å². The van der Waals surface area contributed by atoms with Crippen molar-refractivity contribution in [1.29, 1.82) is 0 Å². The molecule has 122 valence electrons. The minimum absolute atomic E-state index is 0.0538. The van der Waals surface area contributed by atoms with Gasteiger partial charge in [0.1, 0.15) is 0 Å². The average Bonchev–Trinajstić information content (AvgIpc) is 3.19. The molecule has 0 bridgehead atoms. The van der Waals surface area contributed by atoms with Gasteiger partial charge in [0.25, 0.3) is 0 Å². The quantitative estimate of drug-likeness (QED) is 0.597. The fourth-order valence-corrected chi connectivity index (χ4v) is 2.79. The highest BCUT2D eigenvalue weighted by Gasteiger charge is 2.33. The lowest BCUT2D eigenvalue weighted by atomic mass is 10.0. The molecule has 2 fully saturated rings. The number of nitrogens with zero attached hydrogens (tertiary/aromatic N) is 2. The van der Waals surface area contributed by atoms with Crippen molar-refractivity contribution >= 4 is 5.96 Å². The molecule has 1 saturated heterocycles. The SMILES string of the molecule is CCNC(=NCC(C)(C)N1CC(C)OC(C)C1)NC1CC1. The summed E-state index contributed by atoms with van der Waals surface area (Å²) < 4.78 is 5.83. The maximum absolute atomic E-state index is 5.83. The molecule has 0 aromatic heterocycles. The van der Waals surface area contributed by atoms with Gasteiger partial charge >= 0.3 is 0 Å². The van der Waals surface area contributed by atoms with Gasteiger partial charge in [-0.05, 0) is 47.5 Å². The van der Waals surface area contributed by atoms with E-state index < -0.39 is 0 Å². The second-order valence-electron chi connectivity index (χ2n) is 7.09. The van der Waals surface area contributed by atoms with Crippen molar-refractivity contribution in [3.05, 3.63) is 0 Å². The Labute approximate surface area is 129 Å². The van der Waals surface area contributed by atoms with Gasteiger partial charge in [-0.1, -0.05) is 0 Å². The minimum Gasteiger partial charge on any atom is -0.373 e. The van der Waals surface area contributed by atoms with Crippen LogP contribution in [0.4, 0.5) is 0 Å². The highest BCUT2D eigenvalue weighted by molar-refractivity contribution is 5.80. The van der Waals surface area contributed by atoms with E-state index in [0.29, 0.717) is 18.2 Å². The minimum atomic E-state index is 0.0538. The van der Waals surface area contributed by atoms with Crippen molar-refractivity contribution in [1.82, 2.24) is 15.5 Å². The third-order valence-corrected chi connectivity index (χ3v) is 4.16. The molecule has 2 aliphatic rings.